The van der Waals surface area contributed by atoms with Gasteiger partial charge in [0.25, 0.3) is 0 Å². The standard InChI is InChI=1S/C18H28N6/c1-12(2)9-24(10-13(3)4)18-16(19)17(20-11-21-18)23-15-8-6-7-14(5)22-15/h6-8,11-13H,9-10,19H2,1-5H3,(H,20,21,22,23). The van der Waals surface area contributed by atoms with E-state index in [-0.39, 0.29) is 0 Å². The summed E-state index contributed by atoms with van der Waals surface area (Å²) in [4.78, 5) is 15.4. The van der Waals surface area contributed by atoms with Crippen molar-refractivity contribution < 1.29 is 0 Å². The largest absolute Gasteiger partial charge is 0.393 e. The lowest BCUT2D eigenvalue weighted by molar-refractivity contribution is 0.549. The number of anilines is 4. The summed E-state index contributed by atoms with van der Waals surface area (Å²) in [6.07, 6.45) is 1.55. The normalized spacial score (nSPS) is 11.1. The van der Waals surface area contributed by atoms with Crippen molar-refractivity contribution in [2.24, 2.45) is 11.8 Å². The maximum Gasteiger partial charge on any atom is 0.160 e. The number of hydrogen-bond acceptors (Lipinski definition) is 6. The molecule has 2 rings (SSSR count). The van der Waals surface area contributed by atoms with Crippen LogP contribution in [-0.4, -0.2) is 28.0 Å². The minimum Gasteiger partial charge on any atom is -0.393 e. The van der Waals surface area contributed by atoms with Gasteiger partial charge in [0.2, 0.25) is 0 Å². The third-order valence-electron chi connectivity index (χ3n) is 3.47. The summed E-state index contributed by atoms with van der Waals surface area (Å²) in [7, 11) is 0. The summed E-state index contributed by atoms with van der Waals surface area (Å²) in [5.41, 5.74) is 7.86. The molecule has 0 saturated heterocycles. The molecule has 130 valence electrons. The first-order chi connectivity index (χ1) is 11.4. The first-order valence-corrected chi connectivity index (χ1v) is 8.43. The summed E-state index contributed by atoms with van der Waals surface area (Å²) < 4.78 is 0. The number of nitrogens with one attached hydrogen (secondary N) is 1. The minimum atomic E-state index is 0.521. The molecule has 3 N–H and O–H groups in total. The second-order valence-electron chi connectivity index (χ2n) is 6.94. The van der Waals surface area contributed by atoms with Crippen LogP contribution in [-0.2, 0) is 0 Å². The molecular formula is C18H28N6. The van der Waals surface area contributed by atoms with Gasteiger partial charge in [-0.15, -0.1) is 0 Å². The number of rotatable bonds is 7. The third-order valence-corrected chi connectivity index (χ3v) is 3.47. The van der Waals surface area contributed by atoms with Crippen LogP contribution in [0.15, 0.2) is 24.5 Å². The fraction of sp³-hybridized carbons (Fsp3) is 0.500. The molecule has 0 spiro atoms. The van der Waals surface area contributed by atoms with Crippen molar-refractivity contribution >= 4 is 23.1 Å². The van der Waals surface area contributed by atoms with Gasteiger partial charge in [-0.1, -0.05) is 33.8 Å². The van der Waals surface area contributed by atoms with E-state index in [1.165, 1.54) is 0 Å². The van der Waals surface area contributed by atoms with Crippen LogP contribution in [0.25, 0.3) is 0 Å². The molecule has 0 aromatic carbocycles. The molecule has 0 aliphatic rings. The number of aryl methyl sites for hydroxylation is 1. The van der Waals surface area contributed by atoms with Gasteiger partial charge in [-0.2, -0.15) is 0 Å². The van der Waals surface area contributed by atoms with Crippen LogP contribution in [0.4, 0.5) is 23.1 Å². The van der Waals surface area contributed by atoms with Crippen molar-refractivity contribution in [3.63, 3.8) is 0 Å². The van der Waals surface area contributed by atoms with Crippen LogP contribution in [0.3, 0.4) is 0 Å². The molecule has 0 atom stereocenters. The summed E-state index contributed by atoms with van der Waals surface area (Å²) in [5, 5.41) is 3.20. The average molecular weight is 328 g/mol. The zero-order valence-corrected chi connectivity index (χ0v) is 15.2. The highest BCUT2D eigenvalue weighted by molar-refractivity contribution is 5.77. The van der Waals surface area contributed by atoms with Crippen LogP contribution >= 0.6 is 0 Å². The molecule has 0 radical (unpaired) electrons. The van der Waals surface area contributed by atoms with E-state index in [9.17, 15) is 0 Å². The topological polar surface area (TPSA) is 80.0 Å². The van der Waals surface area contributed by atoms with Crippen LogP contribution in [0.2, 0.25) is 0 Å². The molecule has 0 fully saturated rings. The molecule has 0 saturated carbocycles. The highest BCUT2D eigenvalue weighted by Gasteiger charge is 2.17. The molecule has 6 nitrogen and oxygen atoms in total. The Morgan fingerprint density at radius 3 is 2.33 bits per heavy atom. The average Bonchev–Trinajstić information content (AvgIpc) is 2.48. The Balaban J connectivity index is 2.30. The number of pyridine rings is 1. The zero-order chi connectivity index (χ0) is 17.7. The molecule has 0 aliphatic heterocycles. The molecule has 2 heterocycles. The maximum absolute atomic E-state index is 6.36. The SMILES string of the molecule is Cc1cccc(Nc2ncnc(N(CC(C)C)CC(C)C)c2N)n1. The van der Waals surface area contributed by atoms with E-state index in [0.717, 1.165) is 30.4 Å². The predicted molar refractivity (Wildman–Crippen MR) is 101 cm³/mol. The van der Waals surface area contributed by atoms with Crippen LogP contribution < -0.4 is 16.0 Å². The van der Waals surface area contributed by atoms with E-state index >= 15 is 0 Å². The van der Waals surface area contributed by atoms with Gasteiger partial charge in [-0.25, -0.2) is 15.0 Å². The smallest absolute Gasteiger partial charge is 0.160 e. The Labute approximate surface area is 144 Å². The lowest BCUT2D eigenvalue weighted by atomic mass is 10.1. The van der Waals surface area contributed by atoms with Crippen molar-refractivity contribution in [1.82, 2.24) is 15.0 Å². The van der Waals surface area contributed by atoms with Gasteiger partial charge in [0.1, 0.15) is 17.8 Å². The van der Waals surface area contributed by atoms with Gasteiger partial charge in [0.05, 0.1) is 0 Å². The quantitative estimate of drug-likeness (QED) is 0.808. The zero-order valence-electron chi connectivity index (χ0n) is 15.2. The number of hydrogen-bond donors (Lipinski definition) is 2. The second kappa shape index (κ2) is 7.95. The molecule has 2 aromatic rings. The van der Waals surface area contributed by atoms with E-state index in [1.54, 1.807) is 6.33 Å². The van der Waals surface area contributed by atoms with Crippen LogP contribution in [0.1, 0.15) is 33.4 Å². The highest BCUT2D eigenvalue weighted by Crippen LogP contribution is 2.29. The summed E-state index contributed by atoms with van der Waals surface area (Å²) in [5.74, 6) is 3.14. The number of nitrogen functional groups attached to an aromatic ring is 1. The predicted octanol–water partition coefficient (Wildman–Crippen LogP) is 3.62. The van der Waals surface area contributed by atoms with Gasteiger partial charge in [-0.05, 0) is 30.9 Å². The number of nitrogens with zero attached hydrogens (tertiary/aromatic N) is 4. The van der Waals surface area contributed by atoms with Crippen molar-refractivity contribution in [2.75, 3.05) is 29.0 Å². The summed E-state index contributed by atoms with van der Waals surface area (Å²) in [6, 6.07) is 5.80. The fourth-order valence-corrected chi connectivity index (χ4v) is 2.60. The molecule has 0 unspecified atom stereocenters. The van der Waals surface area contributed by atoms with E-state index in [2.05, 4.69) is 52.9 Å². The first kappa shape index (κ1) is 18.0. The molecule has 0 aliphatic carbocycles. The Hall–Kier alpha value is -2.37. The monoisotopic (exact) mass is 328 g/mol. The van der Waals surface area contributed by atoms with Gasteiger partial charge in [-0.3, -0.25) is 0 Å². The Morgan fingerprint density at radius 1 is 1.08 bits per heavy atom. The van der Waals surface area contributed by atoms with Crippen molar-refractivity contribution in [1.29, 1.82) is 0 Å². The van der Waals surface area contributed by atoms with Gasteiger partial charge in [0, 0.05) is 18.8 Å². The minimum absolute atomic E-state index is 0.521. The van der Waals surface area contributed by atoms with E-state index < -0.39 is 0 Å². The number of aromatic nitrogens is 3. The van der Waals surface area contributed by atoms with Crippen molar-refractivity contribution in [3.05, 3.63) is 30.2 Å². The highest BCUT2D eigenvalue weighted by atomic mass is 15.2. The summed E-state index contributed by atoms with van der Waals surface area (Å²) >= 11 is 0. The van der Waals surface area contributed by atoms with Crippen LogP contribution in [0, 0.1) is 18.8 Å². The van der Waals surface area contributed by atoms with Crippen LogP contribution in [0.5, 0.6) is 0 Å². The molecule has 0 bridgehead atoms. The molecule has 2 aromatic heterocycles. The number of nitrogens with two attached hydrogens (primary N) is 1. The molecular weight excluding hydrogens is 300 g/mol. The van der Waals surface area contributed by atoms with Gasteiger partial charge < -0.3 is 16.0 Å². The van der Waals surface area contributed by atoms with Gasteiger partial charge >= 0.3 is 0 Å². The van der Waals surface area contributed by atoms with E-state index in [4.69, 9.17) is 5.73 Å². The molecule has 24 heavy (non-hydrogen) atoms. The fourth-order valence-electron chi connectivity index (χ4n) is 2.60. The molecule has 0 amide bonds. The third kappa shape index (κ3) is 4.81. The van der Waals surface area contributed by atoms with E-state index in [0.29, 0.717) is 23.3 Å². The Morgan fingerprint density at radius 2 is 1.75 bits per heavy atom. The molecule has 6 heteroatoms. The van der Waals surface area contributed by atoms with Crippen molar-refractivity contribution in [2.45, 2.75) is 34.6 Å². The van der Waals surface area contributed by atoms with E-state index in [1.807, 2.05) is 25.1 Å². The van der Waals surface area contributed by atoms with Gasteiger partial charge in [0.15, 0.2) is 11.6 Å². The lowest BCUT2D eigenvalue weighted by Crippen LogP contribution is -2.32. The second-order valence-corrected chi connectivity index (χ2v) is 6.94. The maximum atomic E-state index is 6.36. The Kier molecular flexibility index (Phi) is 5.95. The van der Waals surface area contributed by atoms with Crippen molar-refractivity contribution in [3.8, 4) is 0 Å². The first-order valence-electron chi connectivity index (χ1n) is 8.43. The lowest BCUT2D eigenvalue weighted by Gasteiger charge is -2.28. The Bertz CT molecular complexity index is 658. The summed E-state index contributed by atoms with van der Waals surface area (Å²) in [6.45, 7) is 12.5.